The molecule has 1 saturated heterocycles. The third-order valence-electron chi connectivity index (χ3n) is 2.91. The Kier molecular flexibility index (Phi) is 3.41. The number of carbonyl (C=O) groups excluding carboxylic acids is 1. The van der Waals surface area contributed by atoms with Crippen LogP contribution in [0, 0.1) is 0 Å². The molecule has 6 heteroatoms. The summed E-state index contributed by atoms with van der Waals surface area (Å²) in [7, 11) is 1.40. The molecule has 1 aliphatic heterocycles. The first kappa shape index (κ1) is 11.6. The largest absolute Gasteiger partial charge is 0.467 e. The van der Waals surface area contributed by atoms with Gasteiger partial charge in [-0.1, -0.05) is 0 Å². The Morgan fingerprint density at radius 3 is 3.06 bits per heavy atom. The maximum Gasteiger partial charge on any atom is 0.328 e. The van der Waals surface area contributed by atoms with E-state index in [0.717, 1.165) is 25.8 Å². The van der Waals surface area contributed by atoms with Gasteiger partial charge in [0.1, 0.15) is 17.7 Å². The molecule has 0 bridgehead atoms. The van der Waals surface area contributed by atoms with Gasteiger partial charge in [0.15, 0.2) is 0 Å². The molecule has 17 heavy (non-hydrogen) atoms. The Balaban J connectivity index is 2.24. The molecule has 2 N–H and O–H groups in total. The zero-order valence-corrected chi connectivity index (χ0v) is 9.80. The van der Waals surface area contributed by atoms with Crippen LogP contribution in [0.1, 0.15) is 19.3 Å². The van der Waals surface area contributed by atoms with Crippen molar-refractivity contribution in [3.8, 4) is 0 Å². The highest BCUT2D eigenvalue weighted by molar-refractivity contribution is 5.79. The van der Waals surface area contributed by atoms with Crippen LogP contribution in [-0.4, -0.2) is 35.6 Å². The normalized spacial score (nSPS) is 20.1. The Morgan fingerprint density at radius 2 is 2.35 bits per heavy atom. The van der Waals surface area contributed by atoms with Crippen LogP contribution in [-0.2, 0) is 9.53 Å². The van der Waals surface area contributed by atoms with E-state index in [0.29, 0.717) is 11.6 Å². The monoisotopic (exact) mass is 236 g/mol. The van der Waals surface area contributed by atoms with Crippen LogP contribution in [0.5, 0.6) is 0 Å². The van der Waals surface area contributed by atoms with Crippen LogP contribution >= 0.6 is 0 Å². The van der Waals surface area contributed by atoms with E-state index in [-0.39, 0.29) is 12.0 Å². The summed E-state index contributed by atoms with van der Waals surface area (Å²) < 4.78 is 4.81. The van der Waals surface area contributed by atoms with E-state index in [1.165, 1.54) is 13.3 Å². The molecule has 2 rings (SSSR count). The summed E-state index contributed by atoms with van der Waals surface area (Å²) in [6.07, 6.45) is 5.94. The smallest absolute Gasteiger partial charge is 0.328 e. The molecule has 1 atom stereocenters. The molecular weight excluding hydrogens is 220 g/mol. The first-order chi connectivity index (χ1) is 8.22. The molecule has 1 unspecified atom stereocenters. The van der Waals surface area contributed by atoms with Crippen LogP contribution < -0.4 is 10.6 Å². The third kappa shape index (κ3) is 2.46. The summed E-state index contributed by atoms with van der Waals surface area (Å²) in [6, 6.07) is -0.273. The van der Waals surface area contributed by atoms with E-state index in [4.69, 9.17) is 10.5 Å². The molecule has 0 aromatic carbocycles. The van der Waals surface area contributed by atoms with Crippen molar-refractivity contribution in [2.75, 3.05) is 24.3 Å². The lowest BCUT2D eigenvalue weighted by Gasteiger charge is -2.34. The number of ether oxygens (including phenoxy) is 1. The molecule has 1 aliphatic rings. The van der Waals surface area contributed by atoms with E-state index in [2.05, 4.69) is 9.97 Å². The van der Waals surface area contributed by atoms with Crippen molar-refractivity contribution in [2.24, 2.45) is 0 Å². The number of methoxy groups -OCH3 is 1. The molecule has 0 aliphatic carbocycles. The molecule has 6 nitrogen and oxygen atoms in total. The van der Waals surface area contributed by atoms with Crippen LogP contribution in [0.2, 0.25) is 0 Å². The number of hydrogen-bond donors (Lipinski definition) is 1. The zero-order valence-electron chi connectivity index (χ0n) is 9.80. The molecule has 1 aromatic heterocycles. The highest BCUT2D eigenvalue weighted by Gasteiger charge is 2.30. The maximum atomic E-state index is 11.7. The van der Waals surface area contributed by atoms with Gasteiger partial charge in [-0.25, -0.2) is 9.78 Å². The number of anilines is 2. The SMILES string of the molecule is COC(=O)C1CCCCN1c1cncc(N)n1. The molecule has 92 valence electrons. The predicted octanol–water partition coefficient (Wildman–Crippen LogP) is 0.591. The lowest BCUT2D eigenvalue weighted by molar-refractivity contribution is -0.142. The molecule has 1 fully saturated rings. The minimum atomic E-state index is -0.273. The molecule has 0 spiro atoms. The first-order valence-electron chi connectivity index (χ1n) is 5.64. The maximum absolute atomic E-state index is 11.7. The number of piperidine rings is 1. The van der Waals surface area contributed by atoms with Crippen molar-refractivity contribution >= 4 is 17.6 Å². The van der Waals surface area contributed by atoms with Gasteiger partial charge >= 0.3 is 5.97 Å². The fourth-order valence-electron chi connectivity index (χ4n) is 2.10. The Hall–Kier alpha value is -1.85. The van der Waals surface area contributed by atoms with Crippen LogP contribution in [0.25, 0.3) is 0 Å². The quantitative estimate of drug-likeness (QED) is 0.757. The van der Waals surface area contributed by atoms with Gasteiger partial charge in [0.25, 0.3) is 0 Å². The number of hydrogen-bond acceptors (Lipinski definition) is 6. The zero-order chi connectivity index (χ0) is 12.3. The van der Waals surface area contributed by atoms with Gasteiger partial charge in [-0.3, -0.25) is 4.98 Å². The van der Waals surface area contributed by atoms with E-state index in [1.54, 1.807) is 6.20 Å². The minimum absolute atomic E-state index is 0.228. The number of nitrogens with two attached hydrogens (primary N) is 1. The lowest BCUT2D eigenvalue weighted by atomic mass is 10.0. The lowest BCUT2D eigenvalue weighted by Crippen LogP contribution is -2.45. The highest BCUT2D eigenvalue weighted by Crippen LogP contribution is 2.23. The fourth-order valence-corrected chi connectivity index (χ4v) is 2.10. The van der Waals surface area contributed by atoms with Gasteiger partial charge in [-0.2, -0.15) is 0 Å². The van der Waals surface area contributed by atoms with Crippen LogP contribution in [0.3, 0.4) is 0 Å². The Morgan fingerprint density at radius 1 is 1.53 bits per heavy atom. The second kappa shape index (κ2) is 4.99. The Labute approximate surface area is 99.8 Å². The second-order valence-electron chi connectivity index (χ2n) is 4.03. The van der Waals surface area contributed by atoms with Crippen molar-refractivity contribution in [3.63, 3.8) is 0 Å². The van der Waals surface area contributed by atoms with Gasteiger partial charge in [0.2, 0.25) is 0 Å². The van der Waals surface area contributed by atoms with Gasteiger partial charge in [-0.05, 0) is 19.3 Å². The predicted molar refractivity (Wildman–Crippen MR) is 63.4 cm³/mol. The van der Waals surface area contributed by atoms with Crippen molar-refractivity contribution in [2.45, 2.75) is 25.3 Å². The number of aromatic nitrogens is 2. The topological polar surface area (TPSA) is 81.3 Å². The number of esters is 1. The Bertz CT molecular complexity index is 410. The standard InChI is InChI=1S/C11H16N4O2/c1-17-11(16)8-4-2-3-5-15(8)10-7-13-6-9(12)14-10/h6-8H,2-5H2,1H3,(H2,12,14). The van der Waals surface area contributed by atoms with Gasteiger partial charge in [0.05, 0.1) is 19.5 Å². The van der Waals surface area contributed by atoms with Gasteiger partial charge in [0, 0.05) is 6.54 Å². The molecule has 2 heterocycles. The van der Waals surface area contributed by atoms with Gasteiger partial charge < -0.3 is 15.4 Å². The summed E-state index contributed by atoms with van der Waals surface area (Å²) in [4.78, 5) is 21.8. The average Bonchev–Trinajstić information content (AvgIpc) is 2.38. The summed E-state index contributed by atoms with van der Waals surface area (Å²) in [6.45, 7) is 0.776. The third-order valence-corrected chi connectivity index (χ3v) is 2.91. The van der Waals surface area contributed by atoms with Crippen molar-refractivity contribution in [1.29, 1.82) is 0 Å². The fraction of sp³-hybridized carbons (Fsp3) is 0.545. The van der Waals surface area contributed by atoms with Crippen molar-refractivity contribution in [1.82, 2.24) is 9.97 Å². The summed E-state index contributed by atoms with van der Waals surface area (Å²) in [5.41, 5.74) is 5.60. The van der Waals surface area contributed by atoms with Crippen LogP contribution in [0.4, 0.5) is 11.6 Å². The van der Waals surface area contributed by atoms with E-state index < -0.39 is 0 Å². The summed E-state index contributed by atoms with van der Waals surface area (Å²) in [5.74, 6) is 0.769. The summed E-state index contributed by atoms with van der Waals surface area (Å²) in [5, 5.41) is 0. The average molecular weight is 236 g/mol. The van der Waals surface area contributed by atoms with E-state index >= 15 is 0 Å². The van der Waals surface area contributed by atoms with E-state index in [1.807, 2.05) is 4.90 Å². The molecule has 0 saturated carbocycles. The number of rotatable bonds is 2. The van der Waals surface area contributed by atoms with Crippen LogP contribution in [0.15, 0.2) is 12.4 Å². The van der Waals surface area contributed by atoms with Crippen molar-refractivity contribution in [3.05, 3.63) is 12.4 Å². The van der Waals surface area contributed by atoms with Gasteiger partial charge in [-0.15, -0.1) is 0 Å². The highest BCUT2D eigenvalue weighted by atomic mass is 16.5. The molecular formula is C11H16N4O2. The number of nitrogen functional groups attached to an aromatic ring is 1. The molecule has 0 radical (unpaired) electrons. The minimum Gasteiger partial charge on any atom is -0.467 e. The molecule has 1 aromatic rings. The molecule has 0 amide bonds. The number of carbonyl (C=O) groups is 1. The summed E-state index contributed by atoms with van der Waals surface area (Å²) >= 11 is 0. The van der Waals surface area contributed by atoms with E-state index in [9.17, 15) is 4.79 Å². The second-order valence-corrected chi connectivity index (χ2v) is 4.03. The first-order valence-corrected chi connectivity index (χ1v) is 5.64. The van der Waals surface area contributed by atoms with Crippen molar-refractivity contribution < 1.29 is 9.53 Å². The number of nitrogens with zero attached hydrogens (tertiary/aromatic N) is 3.